The van der Waals surface area contributed by atoms with Gasteiger partial charge in [0, 0.05) is 0 Å². The molecule has 1 aliphatic rings. The largest absolute Gasteiger partial charge is 0.496 e. The fourth-order valence-electron chi connectivity index (χ4n) is 2.78. The molecule has 1 aromatic rings. The van der Waals surface area contributed by atoms with E-state index in [1.807, 2.05) is 19.1 Å². The highest BCUT2D eigenvalue weighted by Crippen LogP contribution is 2.30. The predicted molar refractivity (Wildman–Crippen MR) is 74.8 cm³/mol. The molecule has 0 bridgehead atoms. The van der Waals surface area contributed by atoms with E-state index in [1.54, 1.807) is 7.11 Å². The van der Waals surface area contributed by atoms with Crippen LogP contribution in [0, 0.1) is 6.92 Å². The highest BCUT2D eigenvalue weighted by atomic mass is 16.5. The number of hydrogen-bond acceptors (Lipinski definition) is 3. The van der Waals surface area contributed by atoms with Crippen LogP contribution in [-0.2, 0) is 11.2 Å². The second-order valence-corrected chi connectivity index (χ2v) is 5.11. The van der Waals surface area contributed by atoms with E-state index >= 15 is 0 Å². The van der Waals surface area contributed by atoms with E-state index in [4.69, 9.17) is 9.47 Å². The number of hydrogen-bond donors (Lipinski definition) is 0. The quantitative estimate of drug-likeness (QED) is 0.777. The zero-order chi connectivity index (χ0) is 13.8. The van der Waals surface area contributed by atoms with Crippen LogP contribution in [0.5, 0.6) is 5.75 Å². The summed E-state index contributed by atoms with van der Waals surface area (Å²) in [4.78, 5) is 12.3. The molecule has 3 nitrogen and oxygen atoms in total. The number of ether oxygens (including phenoxy) is 2. The lowest BCUT2D eigenvalue weighted by Crippen LogP contribution is -2.16. The first kappa shape index (κ1) is 13.9. The Bertz CT molecular complexity index is 459. The Morgan fingerprint density at radius 3 is 2.58 bits per heavy atom. The molecule has 0 heterocycles. The Morgan fingerprint density at radius 1 is 1.32 bits per heavy atom. The van der Waals surface area contributed by atoms with Gasteiger partial charge in [0.05, 0.1) is 7.11 Å². The van der Waals surface area contributed by atoms with Crippen LogP contribution in [0.4, 0.5) is 0 Å². The third-order valence-electron chi connectivity index (χ3n) is 3.85. The third-order valence-corrected chi connectivity index (χ3v) is 3.85. The molecule has 0 saturated heterocycles. The van der Waals surface area contributed by atoms with Crippen molar-refractivity contribution in [3.05, 3.63) is 28.8 Å². The number of carbonyl (C=O) groups is 1. The smallest absolute Gasteiger partial charge is 0.342 e. The van der Waals surface area contributed by atoms with Crippen molar-refractivity contribution in [2.75, 3.05) is 7.11 Å². The van der Waals surface area contributed by atoms with Gasteiger partial charge in [-0.2, -0.15) is 0 Å². The zero-order valence-electron chi connectivity index (χ0n) is 12.0. The molecule has 19 heavy (non-hydrogen) atoms. The maximum Gasteiger partial charge on any atom is 0.342 e. The van der Waals surface area contributed by atoms with Gasteiger partial charge in [-0.3, -0.25) is 0 Å². The third kappa shape index (κ3) is 2.91. The number of carbonyl (C=O) groups excluding carboxylic acids is 1. The topological polar surface area (TPSA) is 35.5 Å². The van der Waals surface area contributed by atoms with E-state index in [-0.39, 0.29) is 12.1 Å². The molecule has 104 valence electrons. The Morgan fingerprint density at radius 2 is 2.00 bits per heavy atom. The van der Waals surface area contributed by atoms with Crippen LogP contribution in [0.2, 0.25) is 0 Å². The normalized spacial score (nSPS) is 15.5. The van der Waals surface area contributed by atoms with E-state index in [0.717, 1.165) is 43.2 Å². The van der Waals surface area contributed by atoms with Gasteiger partial charge >= 0.3 is 5.97 Å². The highest BCUT2D eigenvalue weighted by Gasteiger charge is 2.23. The second kappa shape index (κ2) is 6.09. The number of aryl methyl sites for hydroxylation is 1. The van der Waals surface area contributed by atoms with Crippen LogP contribution in [-0.4, -0.2) is 19.2 Å². The summed E-state index contributed by atoms with van der Waals surface area (Å²) in [5.41, 5.74) is 2.79. The van der Waals surface area contributed by atoms with E-state index in [9.17, 15) is 4.79 Å². The summed E-state index contributed by atoms with van der Waals surface area (Å²) in [6, 6.07) is 3.78. The van der Waals surface area contributed by atoms with Gasteiger partial charge in [0.2, 0.25) is 0 Å². The fraction of sp³-hybridized carbons (Fsp3) is 0.562. The summed E-state index contributed by atoms with van der Waals surface area (Å²) in [5, 5.41) is 0. The Hall–Kier alpha value is -1.51. The predicted octanol–water partition coefficient (Wildman–Crippen LogP) is 3.67. The molecule has 0 radical (unpaired) electrons. The van der Waals surface area contributed by atoms with E-state index in [1.165, 1.54) is 0 Å². The number of rotatable bonds is 4. The Kier molecular flexibility index (Phi) is 4.46. The minimum atomic E-state index is -0.251. The molecule has 0 aliphatic heterocycles. The van der Waals surface area contributed by atoms with Crippen molar-refractivity contribution in [1.29, 1.82) is 0 Å². The molecular formula is C16H22O3. The van der Waals surface area contributed by atoms with Gasteiger partial charge in [0.1, 0.15) is 17.4 Å². The van der Waals surface area contributed by atoms with Crippen LogP contribution in [0.15, 0.2) is 12.1 Å². The fourth-order valence-corrected chi connectivity index (χ4v) is 2.78. The standard InChI is InChI=1S/C16H22O3/c1-4-13-11(2)9-10-14(15(13)18-3)16(17)19-12-7-5-6-8-12/h9-10,12H,4-8H2,1-3H3. The molecule has 1 aliphatic carbocycles. The van der Waals surface area contributed by atoms with Crippen LogP contribution < -0.4 is 4.74 Å². The van der Waals surface area contributed by atoms with Crippen LogP contribution in [0.1, 0.15) is 54.1 Å². The van der Waals surface area contributed by atoms with Gasteiger partial charge in [0.15, 0.2) is 0 Å². The van der Waals surface area contributed by atoms with Gasteiger partial charge in [-0.05, 0) is 56.2 Å². The monoisotopic (exact) mass is 262 g/mol. The molecule has 0 unspecified atom stereocenters. The molecule has 0 spiro atoms. The Balaban J connectivity index is 2.25. The van der Waals surface area contributed by atoms with Gasteiger partial charge < -0.3 is 9.47 Å². The van der Waals surface area contributed by atoms with Gasteiger partial charge in [-0.15, -0.1) is 0 Å². The van der Waals surface area contributed by atoms with Crippen molar-refractivity contribution >= 4 is 5.97 Å². The molecule has 0 aromatic heterocycles. The average Bonchev–Trinajstić information content (AvgIpc) is 2.90. The summed E-state index contributed by atoms with van der Waals surface area (Å²) >= 11 is 0. The summed E-state index contributed by atoms with van der Waals surface area (Å²) in [7, 11) is 1.61. The lowest BCUT2D eigenvalue weighted by atomic mass is 10.0. The first-order valence-corrected chi connectivity index (χ1v) is 7.04. The lowest BCUT2D eigenvalue weighted by molar-refractivity contribution is 0.0314. The Labute approximate surface area is 114 Å². The molecule has 0 amide bonds. The van der Waals surface area contributed by atoms with Gasteiger partial charge in [-0.1, -0.05) is 13.0 Å². The number of methoxy groups -OCH3 is 1. The number of benzene rings is 1. The molecule has 1 saturated carbocycles. The lowest BCUT2D eigenvalue weighted by Gasteiger charge is -2.16. The van der Waals surface area contributed by atoms with Crippen LogP contribution >= 0.6 is 0 Å². The molecule has 2 rings (SSSR count). The molecule has 1 fully saturated rings. The summed E-state index contributed by atoms with van der Waals surface area (Å²) in [5.74, 6) is 0.420. The maximum absolute atomic E-state index is 12.3. The average molecular weight is 262 g/mol. The molecule has 1 aromatic carbocycles. The van der Waals surface area contributed by atoms with Crippen molar-refractivity contribution in [3.63, 3.8) is 0 Å². The first-order valence-electron chi connectivity index (χ1n) is 7.04. The van der Waals surface area contributed by atoms with Crippen molar-refractivity contribution in [1.82, 2.24) is 0 Å². The summed E-state index contributed by atoms with van der Waals surface area (Å²) < 4.78 is 11.0. The van der Waals surface area contributed by atoms with Crippen LogP contribution in [0.3, 0.4) is 0 Å². The molecule has 3 heteroatoms. The first-order chi connectivity index (χ1) is 9.17. The van der Waals surface area contributed by atoms with Crippen molar-refractivity contribution < 1.29 is 14.3 Å². The highest BCUT2D eigenvalue weighted by molar-refractivity contribution is 5.93. The maximum atomic E-state index is 12.3. The van der Waals surface area contributed by atoms with Crippen LogP contribution in [0.25, 0.3) is 0 Å². The molecule has 0 N–H and O–H groups in total. The van der Waals surface area contributed by atoms with Crippen molar-refractivity contribution in [2.24, 2.45) is 0 Å². The van der Waals surface area contributed by atoms with Gasteiger partial charge in [0.25, 0.3) is 0 Å². The zero-order valence-corrected chi connectivity index (χ0v) is 12.0. The van der Waals surface area contributed by atoms with Crippen molar-refractivity contribution in [2.45, 2.75) is 52.1 Å². The van der Waals surface area contributed by atoms with Crippen molar-refractivity contribution in [3.8, 4) is 5.75 Å². The van der Waals surface area contributed by atoms with E-state index in [0.29, 0.717) is 11.3 Å². The number of esters is 1. The molecular weight excluding hydrogens is 240 g/mol. The second-order valence-electron chi connectivity index (χ2n) is 5.11. The SMILES string of the molecule is CCc1c(C)ccc(C(=O)OC2CCCC2)c1OC. The van der Waals surface area contributed by atoms with Gasteiger partial charge in [-0.25, -0.2) is 4.79 Å². The van der Waals surface area contributed by atoms with E-state index < -0.39 is 0 Å². The minimum Gasteiger partial charge on any atom is -0.496 e. The summed E-state index contributed by atoms with van der Waals surface area (Å²) in [6.07, 6.45) is 5.22. The summed E-state index contributed by atoms with van der Waals surface area (Å²) in [6.45, 7) is 4.10. The molecule has 0 atom stereocenters. The minimum absolute atomic E-state index is 0.0867. The van der Waals surface area contributed by atoms with E-state index in [2.05, 4.69) is 6.92 Å².